The van der Waals surface area contributed by atoms with E-state index >= 15 is 0 Å². The van der Waals surface area contributed by atoms with Gasteiger partial charge in [-0.3, -0.25) is 14.8 Å². The Hall–Kier alpha value is -2.45. The van der Waals surface area contributed by atoms with Gasteiger partial charge >= 0.3 is 0 Å². The first-order valence-electron chi connectivity index (χ1n) is 7.06. The van der Waals surface area contributed by atoms with Crippen molar-refractivity contribution >= 4 is 21.4 Å². The summed E-state index contributed by atoms with van der Waals surface area (Å²) in [4.78, 5) is 10.1. The molecule has 3 rings (SSSR count). The zero-order valence-electron chi connectivity index (χ0n) is 12.2. The van der Waals surface area contributed by atoms with Crippen molar-refractivity contribution in [3.05, 3.63) is 63.7 Å². The lowest BCUT2D eigenvalue weighted by Gasteiger charge is -2.21. The molecule has 2 aromatic rings. The molecule has 0 unspecified atom stereocenters. The fraction of sp³-hybridized carbons (Fsp3) is 0.200. The summed E-state index contributed by atoms with van der Waals surface area (Å²) >= 11 is 0. The highest BCUT2D eigenvalue weighted by atomic mass is 32.2. The van der Waals surface area contributed by atoms with Crippen LogP contribution in [0.2, 0.25) is 0 Å². The fourth-order valence-electron chi connectivity index (χ4n) is 2.56. The number of sulfonamides is 1. The molecule has 1 aliphatic rings. The molecule has 0 bridgehead atoms. The van der Waals surface area contributed by atoms with Crippen LogP contribution in [0, 0.1) is 10.1 Å². The molecular formula is C15H15N3O4S. The Morgan fingerprint density at radius 1 is 1.13 bits per heavy atom. The summed E-state index contributed by atoms with van der Waals surface area (Å²) in [6, 6.07) is 10.3. The number of non-ortho nitro benzene ring substituents is 1. The number of nitrogens with one attached hydrogen (secondary N) is 2. The third kappa shape index (κ3) is 3.17. The highest BCUT2D eigenvalue weighted by molar-refractivity contribution is 7.92. The van der Waals surface area contributed by atoms with Gasteiger partial charge in [-0.1, -0.05) is 12.1 Å². The van der Waals surface area contributed by atoms with Crippen molar-refractivity contribution in [2.24, 2.45) is 0 Å². The van der Waals surface area contributed by atoms with Crippen LogP contribution in [-0.2, 0) is 23.0 Å². The second-order valence-corrected chi connectivity index (χ2v) is 6.91. The van der Waals surface area contributed by atoms with Crippen molar-refractivity contribution in [3.63, 3.8) is 0 Å². The van der Waals surface area contributed by atoms with Gasteiger partial charge in [0, 0.05) is 18.7 Å². The van der Waals surface area contributed by atoms with Crippen molar-refractivity contribution in [3.8, 4) is 0 Å². The van der Waals surface area contributed by atoms with E-state index in [1.165, 1.54) is 24.3 Å². The van der Waals surface area contributed by atoms with Crippen LogP contribution < -0.4 is 10.0 Å². The second kappa shape index (κ2) is 5.98. The van der Waals surface area contributed by atoms with Gasteiger partial charge in [-0.15, -0.1) is 0 Å². The van der Waals surface area contributed by atoms with Crippen molar-refractivity contribution < 1.29 is 13.3 Å². The molecule has 8 heteroatoms. The summed E-state index contributed by atoms with van der Waals surface area (Å²) in [5.74, 6) is 0. The maximum atomic E-state index is 12.5. The molecule has 0 aliphatic carbocycles. The second-order valence-electron chi connectivity index (χ2n) is 5.23. The van der Waals surface area contributed by atoms with Gasteiger partial charge in [0.1, 0.15) is 0 Å². The normalized spacial score (nSPS) is 14.1. The van der Waals surface area contributed by atoms with Gasteiger partial charge in [0.05, 0.1) is 15.5 Å². The molecule has 23 heavy (non-hydrogen) atoms. The third-order valence-electron chi connectivity index (χ3n) is 3.75. The van der Waals surface area contributed by atoms with E-state index in [0.717, 1.165) is 24.1 Å². The molecule has 7 nitrogen and oxygen atoms in total. The van der Waals surface area contributed by atoms with Gasteiger partial charge in [0.2, 0.25) is 0 Å². The Morgan fingerprint density at radius 3 is 2.57 bits per heavy atom. The first kappa shape index (κ1) is 15.4. The van der Waals surface area contributed by atoms with Gasteiger partial charge in [-0.2, -0.15) is 0 Å². The maximum Gasteiger partial charge on any atom is 0.269 e. The summed E-state index contributed by atoms with van der Waals surface area (Å²) in [5, 5.41) is 13.9. The minimum absolute atomic E-state index is 0.00975. The number of anilines is 1. The van der Waals surface area contributed by atoms with Crippen molar-refractivity contribution in [2.45, 2.75) is 17.9 Å². The SMILES string of the molecule is O=[N+]([O-])c1ccc(S(=O)(=O)Nc2cccc3c2CNCC3)cc1. The Labute approximate surface area is 133 Å². The van der Waals surface area contributed by atoms with Crippen LogP contribution in [-0.4, -0.2) is 19.9 Å². The predicted octanol–water partition coefficient (Wildman–Crippen LogP) is 2.04. The summed E-state index contributed by atoms with van der Waals surface area (Å²) in [5.41, 5.74) is 2.44. The average molecular weight is 333 g/mol. The summed E-state index contributed by atoms with van der Waals surface area (Å²) in [6.45, 7) is 1.47. The van der Waals surface area contributed by atoms with Gasteiger partial charge in [0.25, 0.3) is 15.7 Å². The number of nitro groups is 1. The Kier molecular flexibility index (Phi) is 4.01. The molecule has 0 saturated heterocycles. The van der Waals surface area contributed by atoms with Gasteiger partial charge in [-0.25, -0.2) is 8.42 Å². The zero-order valence-corrected chi connectivity index (χ0v) is 13.0. The van der Waals surface area contributed by atoms with E-state index in [4.69, 9.17) is 0 Å². The molecule has 0 saturated carbocycles. The van der Waals surface area contributed by atoms with Crippen LogP contribution in [0.25, 0.3) is 0 Å². The largest absolute Gasteiger partial charge is 0.312 e. The Morgan fingerprint density at radius 2 is 1.87 bits per heavy atom. The van der Waals surface area contributed by atoms with Crippen LogP contribution in [0.4, 0.5) is 11.4 Å². The van der Waals surface area contributed by atoms with Crippen LogP contribution in [0.3, 0.4) is 0 Å². The number of nitro benzene ring substituents is 1. The molecule has 0 radical (unpaired) electrons. The lowest BCUT2D eigenvalue weighted by Crippen LogP contribution is -2.25. The van der Waals surface area contributed by atoms with Crippen LogP contribution >= 0.6 is 0 Å². The number of benzene rings is 2. The van der Waals surface area contributed by atoms with Crippen LogP contribution in [0.15, 0.2) is 47.4 Å². The third-order valence-corrected chi connectivity index (χ3v) is 5.13. The summed E-state index contributed by atoms with van der Waals surface area (Å²) in [6.07, 6.45) is 0.850. The highest BCUT2D eigenvalue weighted by Gasteiger charge is 2.19. The highest BCUT2D eigenvalue weighted by Crippen LogP contribution is 2.26. The minimum atomic E-state index is -3.79. The van der Waals surface area contributed by atoms with Crippen molar-refractivity contribution in [2.75, 3.05) is 11.3 Å². The summed E-state index contributed by atoms with van der Waals surface area (Å²) < 4.78 is 27.5. The number of hydrogen-bond donors (Lipinski definition) is 2. The Balaban J connectivity index is 1.91. The van der Waals surface area contributed by atoms with E-state index < -0.39 is 14.9 Å². The Bertz CT molecular complexity index is 848. The molecule has 0 spiro atoms. The number of fused-ring (bicyclic) bond motifs is 1. The molecule has 2 aromatic carbocycles. The molecule has 0 aromatic heterocycles. The van der Waals surface area contributed by atoms with E-state index in [2.05, 4.69) is 10.0 Å². The zero-order chi connectivity index (χ0) is 16.4. The number of hydrogen-bond acceptors (Lipinski definition) is 5. The molecule has 0 atom stereocenters. The van der Waals surface area contributed by atoms with E-state index in [1.807, 2.05) is 12.1 Å². The molecular weight excluding hydrogens is 318 g/mol. The molecule has 0 amide bonds. The smallest absolute Gasteiger partial charge is 0.269 e. The van der Waals surface area contributed by atoms with Crippen molar-refractivity contribution in [1.82, 2.24) is 5.32 Å². The van der Waals surface area contributed by atoms with Crippen LogP contribution in [0.5, 0.6) is 0 Å². The molecule has 120 valence electrons. The van der Waals surface area contributed by atoms with E-state index in [9.17, 15) is 18.5 Å². The molecule has 1 aliphatic heterocycles. The van der Waals surface area contributed by atoms with E-state index in [-0.39, 0.29) is 10.6 Å². The predicted molar refractivity (Wildman–Crippen MR) is 85.8 cm³/mol. The van der Waals surface area contributed by atoms with Crippen LogP contribution in [0.1, 0.15) is 11.1 Å². The fourth-order valence-corrected chi connectivity index (χ4v) is 3.65. The number of nitrogens with zero attached hydrogens (tertiary/aromatic N) is 1. The molecule has 2 N–H and O–H groups in total. The lowest BCUT2D eigenvalue weighted by atomic mass is 10.00. The number of rotatable bonds is 4. The quantitative estimate of drug-likeness (QED) is 0.658. The first-order valence-corrected chi connectivity index (χ1v) is 8.54. The average Bonchev–Trinajstić information content (AvgIpc) is 2.55. The lowest BCUT2D eigenvalue weighted by molar-refractivity contribution is -0.384. The molecule has 0 fully saturated rings. The van der Waals surface area contributed by atoms with Gasteiger partial charge in [-0.05, 0) is 42.3 Å². The topological polar surface area (TPSA) is 101 Å². The monoisotopic (exact) mass is 333 g/mol. The first-order chi connectivity index (χ1) is 11.0. The standard InChI is InChI=1S/C15H15N3O4S/c19-18(20)12-4-6-13(7-5-12)23(21,22)17-15-3-1-2-11-8-9-16-10-14(11)15/h1-7,16-17H,8-10H2. The summed E-state index contributed by atoms with van der Waals surface area (Å²) in [7, 11) is -3.79. The van der Waals surface area contributed by atoms with Crippen molar-refractivity contribution in [1.29, 1.82) is 0 Å². The minimum Gasteiger partial charge on any atom is -0.312 e. The molecule has 1 heterocycles. The van der Waals surface area contributed by atoms with E-state index in [0.29, 0.717) is 12.2 Å². The van der Waals surface area contributed by atoms with E-state index in [1.54, 1.807) is 6.07 Å². The maximum absolute atomic E-state index is 12.5. The van der Waals surface area contributed by atoms with Gasteiger partial charge in [0.15, 0.2) is 0 Å². The van der Waals surface area contributed by atoms with Gasteiger partial charge < -0.3 is 5.32 Å².